The summed E-state index contributed by atoms with van der Waals surface area (Å²) < 4.78 is 42.5. The summed E-state index contributed by atoms with van der Waals surface area (Å²) in [6.45, 7) is 5.85. The molecule has 1 aliphatic heterocycles. The maximum Gasteiger partial charge on any atom is 0.413 e. The first-order valence-corrected chi connectivity index (χ1v) is 14.0. The van der Waals surface area contributed by atoms with Gasteiger partial charge in [-0.2, -0.15) is 5.26 Å². The number of aliphatic hydroxyl groups excluding tert-OH is 1. The van der Waals surface area contributed by atoms with Gasteiger partial charge in [-0.1, -0.05) is 62.2 Å². The van der Waals surface area contributed by atoms with Crippen LogP contribution in [-0.2, 0) is 10.2 Å². The molecule has 4 rings (SSSR count). The van der Waals surface area contributed by atoms with Gasteiger partial charge in [0, 0.05) is 22.3 Å². The predicted molar refractivity (Wildman–Crippen MR) is 157 cm³/mol. The van der Waals surface area contributed by atoms with Crippen LogP contribution in [0, 0.1) is 28.4 Å². The maximum atomic E-state index is 15.7. The smallest absolute Gasteiger partial charge is 0.413 e. The number of aliphatic hydroxyl groups is 1. The van der Waals surface area contributed by atoms with E-state index in [2.05, 4.69) is 16.7 Å². The van der Waals surface area contributed by atoms with Gasteiger partial charge in [0.15, 0.2) is 6.23 Å². The van der Waals surface area contributed by atoms with Crippen molar-refractivity contribution in [2.45, 2.75) is 50.8 Å². The Kier molecular flexibility index (Phi) is 9.63. The minimum absolute atomic E-state index is 0.00879. The van der Waals surface area contributed by atoms with Crippen LogP contribution < -0.4 is 15.4 Å². The van der Waals surface area contributed by atoms with Crippen molar-refractivity contribution in [1.29, 1.82) is 5.26 Å². The van der Waals surface area contributed by atoms with E-state index in [0.29, 0.717) is 17.9 Å². The van der Waals surface area contributed by atoms with E-state index in [1.54, 1.807) is 24.3 Å². The van der Waals surface area contributed by atoms with Crippen molar-refractivity contribution >= 4 is 35.0 Å². The zero-order valence-electron chi connectivity index (χ0n) is 23.3. The lowest BCUT2D eigenvalue weighted by molar-refractivity contribution is 0.0851. The third-order valence-electron chi connectivity index (χ3n) is 7.10. The fourth-order valence-electron chi connectivity index (χ4n) is 5.43. The fraction of sp³-hybridized carbons (Fsp3) is 0.355. The number of carbonyl (C=O) groups is 1. The zero-order chi connectivity index (χ0) is 30.7. The summed E-state index contributed by atoms with van der Waals surface area (Å²) in [5.41, 5.74) is -1.74. The number of anilines is 1. The van der Waals surface area contributed by atoms with Gasteiger partial charge in [0.1, 0.15) is 29.4 Å². The van der Waals surface area contributed by atoms with Gasteiger partial charge in [-0.3, -0.25) is 10.6 Å². The molecule has 0 spiro atoms. The quantitative estimate of drug-likeness (QED) is 0.247. The Balaban J connectivity index is 1.79. The van der Waals surface area contributed by atoms with Crippen LogP contribution >= 0.6 is 23.2 Å². The van der Waals surface area contributed by atoms with Crippen LogP contribution in [-0.4, -0.2) is 36.7 Å². The Morgan fingerprint density at radius 1 is 1.14 bits per heavy atom. The SMILES string of the molecule is CC(C)(C)C[C@@H]1N[C@H](OC(=O)Nc2ccc(OCCO)cc2)[C@H](c2cccc(Cl)c2F)[C@@]1(C#N)c1ccc(Cl)cc1F. The third-order valence-corrected chi connectivity index (χ3v) is 7.62. The molecule has 0 aromatic heterocycles. The summed E-state index contributed by atoms with van der Waals surface area (Å²) in [4.78, 5) is 13.2. The second-order valence-electron chi connectivity index (χ2n) is 11.3. The molecule has 1 saturated heterocycles. The Hall–Kier alpha value is -3.42. The molecule has 1 fully saturated rings. The Bertz CT molecular complexity index is 1480. The lowest BCUT2D eigenvalue weighted by Gasteiger charge is -2.37. The van der Waals surface area contributed by atoms with E-state index in [1.807, 2.05) is 20.8 Å². The standard InChI is InChI=1S/C31H31Cl2F2N3O4/c1-30(2,3)16-25-31(17-36,22-12-7-18(32)15-24(22)34)26(21-5-4-6-23(33)27(21)35)28(38-25)42-29(40)37-19-8-10-20(11-9-19)41-14-13-39/h4-12,15,25-26,28,38-39H,13-14,16H2,1-3H3,(H,37,40)/t25-,26-,28+,31-/m0/s1. The fourth-order valence-corrected chi connectivity index (χ4v) is 5.77. The van der Waals surface area contributed by atoms with E-state index in [-0.39, 0.29) is 39.8 Å². The van der Waals surface area contributed by atoms with Crippen molar-refractivity contribution < 1.29 is 28.2 Å². The normalized spacial score (nSPS) is 21.9. The first kappa shape index (κ1) is 31.5. The number of hydrogen-bond donors (Lipinski definition) is 3. The summed E-state index contributed by atoms with van der Waals surface area (Å²) in [5.74, 6) is -2.26. The minimum atomic E-state index is -1.73. The highest BCUT2D eigenvalue weighted by Gasteiger charge is 2.61. The summed E-state index contributed by atoms with van der Waals surface area (Å²) in [5, 5.41) is 25.6. The lowest BCUT2D eigenvalue weighted by atomic mass is 9.63. The number of halogens is 4. The highest BCUT2D eigenvalue weighted by atomic mass is 35.5. The van der Waals surface area contributed by atoms with Crippen molar-refractivity contribution in [2.24, 2.45) is 5.41 Å². The van der Waals surface area contributed by atoms with E-state index < -0.39 is 41.3 Å². The largest absolute Gasteiger partial charge is 0.491 e. The molecule has 42 heavy (non-hydrogen) atoms. The van der Waals surface area contributed by atoms with E-state index in [9.17, 15) is 10.1 Å². The molecule has 7 nitrogen and oxygen atoms in total. The first-order chi connectivity index (χ1) is 19.9. The van der Waals surface area contributed by atoms with Crippen LogP contribution in [0.25, 0.3) is 0 Å². The molecule has 11 heteroatoms. The number of nitrogens with one attached hydrogen (secondary N) is 2. The molecule has 0 radical (unpaired) electrons. The van der Waals surface area contributed by atoms with Crippen molar-refractivity contribution in [1.82, 2.24) is 5.32 Å². The zero-order valence-corrected chi connectivity index (χ0v) is 24.8. The van der Waals surface area contributed by atoms with E-state index in [1.165, 1.54) is 30.3 Å². The molecule has 3 aromatic rings. The average Bonchev–Trinajstić information content (AvgIpc) is 3.21. The predicted octanol–water partition coefficient (Wildman–Crippen LogP) is 7.17. The van der Waals surface area contributed by atoms with Gasteiger partial charge in [-0.25, -0.2) is 13.6 Å². The number of hydrogen-bond acceptors (Lipinski definition) is 6. The highest BCUT2D eigenvalue weighted by Crippen LogP contribution is 2.53. The number of carbonyl (C=O) groups excluding carboxylic acids is 1. The van der Waals surface area contributed by atoms with Crippen molar-refractivity contribution in [3.63, 3.8) is 0 Å². The van der Waals surface area contributed by atoms with Crippen LogP contribution in [0.4, 0.5) is 19.3 Å². The molecule has 3 aromatic carbocycles. The number of benzene rings is 3. The molecule has 1 aliphatic rings. The molecule has 3 N–H and O–H groups in total. The van der Waals surface area contributed by atoms with Gasteiger partial charge >= 0.3 is 6.09 Å². The second kappa shape index (κ2) is 12.8. The molecule has 0 aliphatic carbocycles. The number of nitrogens with zero attached hydrogens (tertiary/aromatic N) is 1. The van der Waals surface area contributed by atoms with Gasteiger partial charge in [0.25, 0.3) is 0 Å². The Labute approximate surface area is 253 Å². The van der Waals surface area contributed by atoms with E-state index in [0.717, 1.165) is 6.07 Å². The van der Waals surface area contributed by atoms with Crippen molar-refractivity contribution in [3.8, 4) is 11.8 Å². The summed E-state index contributed by atoms with van der Waals surface area (Å²) in [6.07, 6.45) is -1.80. The Morgan fingerprint density at radius 2 is 1.86 bits per heavy atom. The lowest BCUT2D eigenvalue weighted by Crippen LogP contribution is -2.44. The molecule has 4 atom stereocenters. The van der Waals surface area contributed by atoms with E-state index >= 15 is 8.78 Å². The second-order valence-corrected chi connectivity index (χ2v) is 12.1. The van der Waals surface area contributed by atoms with Crippen LogP contribution in [0.5, 0.6) is 5.75 Å². The number of ether oxygens (including phenoxy) is 2. The molecular weight excluding hydrogens is 587 g/mol. The highest BCUT2D eigenvalue weighted by molar-refractivity contribution is 6.31. The third kappa shape index (κ3) is 6.63. The van der Waals surface area contributed by atoms with Crippen LogP contribution in [0.2, 0.25) is 10.0 Å². The van der Waals surface area contributed by atoms with Gasteiger partial charge in [0.2, 0.25) is 0 Å². The number of nitriles is 1. The molecule has 222 valence electrons. The van der Waals surface area contributed by atoms with Crippen LogP contribution in [0.1, 0.15) is 44.2 Å². The maximum absolute atomic E-state index is 15.7. The Morgan fingerprint density at radius 3 is 2.48 bits per heavy atom. The van der Waals surface area contributed by atoms with Crippen LogP contribution in [0.15, 0.2) is 60.7 Å². The monoisotopic (exact) mass is 617 g/mol. The first-order valence-electron chi connectivity index (χ1n) is 13.3. The summed E-state index contributed by atoms with van der Waals surface area (Å²) in [7, 11) is 0. The average molecular weight is 619 g/mol. The molecule has 0 saturated carbocycles. The van der Waals surface area contributed by atoms with E-state index in [4.69, 9.17) is 37.8 Å². The van der Waals surface area contributed by atoms with Gasteiger partial charge in [0.05, 0.1) is 23.6 Å². The number of rotatable bonds is 8. The van der Waals surface area contributed by atoms with Gasteiger partial charge < -0.3 is 14.6 Å². The number of amides is 1. The van der Waals surface area contributed by atoms with Gasteiger partial charge in [-0.05, 0) is 59.9 Å². The van der Waals surface area contributed by atoms with Crippen molar-refractivity contribution in [2.75, 3.05) is 18.5 Å². The topological polar surface area (TPSA) is 104 Å². The van der Waals surface area contributed by atoms with Crippen LogP contribution in [0.3, 0.4) is 0 Å². The minimum Gasteiger partial charge on any atom is -0.491 e. The molecule has 0 unspecified atom stereocenters. The van der Waals surface area contributed by atoms with Crippen molar-refractivity contribution in [3.05, 3.63) is 93.5 Å². The molecule has 1 amide bonds. The summed E-state index contributed by atoms with van der Waals surface area (Å²) >= 11 is 12.2. The molecule has 0 bridgehead atoms. The van der Waals surface area contributed by atoms with Gasteiger partial charge in [-0.15, -0.1) is 0 Å². The molecular formula is C31H31Cl2F2N3O4. The molecule has 1 heterocycles. The summed E-state index contributed by atoms with van der Waals surface area (Å²) in [6, 6.07) is 16.2.